The fraction of sp³-hybridized carbons (Fsp3) is 0.273. The van der Waals surface area contributed by atoms with Crippen LogP contribution >= 0.6 is 0 Å². The van der Waals surface area contributed by atoms with E-state index in [0.717, 1.165) is 11.1 Å². The number of carbonyl (C=O) groups is 4. The Morgan fingerprint density at radius 1 is 1.07 bits per heavy atom. The molecule has 30 heavy (non-hydrogen) atoms. The van der Waals surface area contributed by atoms with Crippen molar-refractivity contribution in [1.82, 2.24) is 15.8 Å². The largest absolute Gasteiger partial charge is 0.452 e. The lowest BCUT2D eigenvalue weighted by molar-refractivity contribution is -0.140. The van der Waals surface area contributed by atoms with Crippen LogP contribution in [0.25, 0.3) is 0 Å². The molecule has 0 aliphatic carbocycles. The van der Waals surface area contributed by atoms with Crippen molar-refractivity contribution in [1.29, 1.82) is 0 Å². The van der Waals surface area contributed by atoms with Gasteiger partial charge >= 0.3 is 12.0 Å². The zero-order valence-corrected chi connectivity index (χ0v) is 17.0. The number of hydrogen-bond acceptors (Lipinski definition) is 5. The molecular formula is C22H23N3O5. The molecule has 0 unspecified atom stereocenters. The molecule has 1 aliphatic heterocycles. The quantitative estimate of drug-likeness (QED) is 0.563. The van der Waals surface area contributed by atoms with E-state index in [2.05, 4.69) is 10.7 Å². The molecule has 0 bridgehead atoms. The standard InChI is InChI=1S/C22H23N3O5/c1-4-22(17-8-6-5-7-9-17)20(28)25(21(29)23-22)24-18(26)13-30-19(27)16-11-10-14(2)15(3)12-16/h5-12H,4,13H2,1-3H3,(H,23,29)(H,24,26)/t22-/m0/s1. The van der Waals surface area contributed by atoms with Gasteiger partial charge in [-0.15, -0.1) is 0 Å². The summed E-state index contributed by atoms with van der Waals surface area (Å²) in [5.41, 5.74) is 3.84. The second-order valence-electron chi connectivity index (χ2n) is 7.11. The molecule has 4 amide bonds. The molecule has 8 heteroatoms. The minimum Gasteiger partial charge on any atom is -0.452 e. The second-order valence-corrected chi connectivity index (χ2v) is 7.11. The van der Waals surface area contributed by atoms with Crippen LogP contribution in [0.2, 0.25) is 0 Å². The zero-order valence-electron chi connectivity index (χ0n) is 17.0. The molecule has 0 spiro atoms. The van der Waals surface area contributed by atoms with Crippen molar-refractivity contribution < 1.29 is 23.9 Å². The first-order chi connectivity index (χ1) is 14.3. The van der Waals surface area contributed by atoms with Gasteiger partial charge in [0.25, 0.3) is 11.8 Å². The van der Waals surface area contributed by atoms with Gasteiger partial charge in [0.05, 0.1) is 5.56 Å². The molecule has 1 heterocycles. The Bertz CT molecular complexity index is 1010. The van der Waals surface area contributed by atoms with Crippen LogP contribution in [-0.2, 0) is 19.9 Å². The molecule has 1 aliphatic rings. The van der Waals surface area contributed by atoms with Crippen LogP contribution in [0.4, 0.5) is 4.79 Å². The van der Waals surface area contributed by atoms with E-state index in [0.29, 0.717) is 22.6 Å². The van der Waals surface area contributed by atoms with Gasteiger partial charge in [0.15, 0.2) is 6.61 Å². The summed E-state index contributed by atoms with van der Waals surface area (Å²) in [6, 6.07) is 13.1. The van der Waals surface area contributed by atoms with Gasteiger partial charge in [-0.3, -0.25) is 15.0 Å². The van der Waals surface area contributed by atoms with Gasteiger partial charge in [-0.05, 0) is 49.1 Å². The molecule has 0 aromatic heterocycles. The SMILES string of the molecule is CC[C@@]1(c2ccccc2)NC(=O)N(NC(=O)COC(=O)c2ccc(C)c(C)c2)C1=O. The van der Waals surface area contributed by atoms with Crippen molar-refractivity contribution in [2.45, 2.75) is 32.7 Å². The van der Waals surface area contributed by atoms with Gasteiger partial charge in [-0.2, -0.15) is 5.01 Å². The molecule has 0 radical (unpaired) electrons. The number of esters is 1. The van der Waals surface area contributed by atoms with E-state index in [1.807, 2.05) is 13.8 Å². The smallest absolute Gasteiger partial charge is 0.344 e. The normalized spacial score (nSPS) is 18.2. The number of carbonyl (C=O) groups excluding carboxylic acids is 4. The summed E-state index contributed by atoms with van der Waals surface area (Å²) in [6.45, 7) is 4.92. The predicted molar refractivity (Wildman–Crippen MR) is 108 cm³/mol. The molecule has 1 atom stereocenters. The average Bonchev–Trinajstić information content (AvgIpc) is 2.99. The predicted octanol–water partition coefficient (Wildman–Crippen LogP) is 2.35. The molecule has 3 rings (SSSR count). The van der Waals surface area contributed by atoms with E-state index in [1.54, 1.807) is 55.5 Å². The summed E-state index contributed by atoms with van der Waals surface area (Å²) in [5.74, 6) is -2.07. The van der Waals surface area contributed by atoms with Crippen molar-refractivity contribution in [2.75, 3.05) is 6.61 Å². The summed E-state index contributed by atoms with van der Waals surface area (Å²) in [5, 5.41) is 3.28. The van der Waals surface area contributed by atoms with Crippen LogP contribution in [0.15, 0.2) is 48.5 Å². The maximum Gasteiger partial charge on any atom is 0.344 e. The molecule has 156 valence electrons. The molecule has 0 saturated carbocycles. The van der Waals surface area contributed by atoms with Crippen LogP contribution in [0.5, 0.6) is 0 Å². The Labute approximate surface area is 174 Å². The maximum absolute atomic E-state index is 13.0. The Balaban J connectivity index is 1.65. The van der Waals surface area contributed by atoms with Crippen molar-refractivity contribution >= 4 is 23.8 Å². The number of rotatable bonds is 6. The van der Waals surface area contributed by atoms with Gasteiger partial charge in [-0.1, -0.05) is 43.3 Å². The van der Waals surface area contributed by atoms with E-state index < -0.39 is 36.0 Å². The Morgan fingerprint density at radius 3 is 2.40 bits per heavy atom. The van der Waals surface area contributed by atoms with E-state index >= 15 is 0 Å². The second kappa shape index (κ2) is 8.36. The number of hydrogen-bond donors (Lipinski definition) is 2. The van der Waals surface area contributed by atoms with E-state index in [1.165, 1.54) is 0 Å². The topological polar surface area (TPSA) is 105 Å². The Kier molecular flexibility index (Phi) is 5.86. The fourth-order valence-corrected chi connectivity index (χ4v) is 3.28. The van der Waals surface area contributed by atoms with Crippen molar-refractivity contribution in [3.8, 4) is 0 Å². The monoisotopic (exact) mass is 409 g/mol. The summed E-state index contributed by atoms with van der Waals surface area (Å²) in [4.78, 5) is 49.7. The summed E-state index contributed by atoms with van der Waals surface area (Å²) >= 11 is 0. The van der Waals surface area contributed by atoms with Crippen molar-refractivity contribution in [3.63, 3.8) is 0 Å². The van der Waals surface area contributed by atoms with E-state index in [-0.39, 0.29) is 0 Å². The van der Waals surface area contributed by atoms with Gasteiger partial charge < -0.3 is 10.1 Å². The van der Waals surface area contributed by atoms with Crippen LogP contribution in [0.1, 0.15) is 40.4 Å². The lowest BCUT2D eigenvalue weighted by Gasteiger charge is -2.25. The minimum atomic E-state index is -1.26. The maximum atomic E-state index is 13.0. The number of imide groups is 1. The summed E-state index contributed by atoms with van der Waals surface area (Å²) < 4.78 is 5.01. The summed E-state index contributed by atoms with van der Waals surface area (Å²) in [7, 11) is 0. The molecule has 2 aromatic rings. The van der Waals surface area contributed by atoms with Crippen LogP contribution in [-0.4, -0.2) is 35.4 Å². The lowest BCUT2D eigenvalue weighted by Crippen LogP contribution is -2.49. The fourth-order valence-electron chi connectivity index (χ4n) is 3.28. The lowest BCUT2D eigenvalue weighted by atomic mass is 9.87. The average molecular weight is 409 g/mol. The molecule has 1 fully saturated rings. The number of benzene rings is 2. The third-order valence-corrected chi connectivity index (χ3v) is 5.20. The number of hydrazine groups is 1. The van der Waals surface area contributed by atoms with Gasteiger partial charge in [-0.25, -0.2) is 9.59 Å². The number of amides is 4. The van der Waals surface area contributed by atoms with E-state index in [9.17, 15) is 19.2 Å². The molecule has 1 saturated heterocycles. The third kappa shape index (κ3) is 3.89. The van der Waals surface area contributed by atoms with Gasteiger partial charge in [0.1, 0.15) is 5.54 Å². The molecule has 2 aromatic carbocycles. The minimum absolute atomic E-state index is 0.301. The highest BCUT2D eigenvalue weighted by Crippen LogP contribution is 2.31. The number of ether oxygens (including phenoxy) is 1. The van der Waals surface area contributed by atoms with Crippen molar-refractivity contribution in [3.05, 3.63) is 70.8 Å². The third-order valence-electron chi connectivity index (χ3n) is 5.20. The highest BCUT2D eigenvalue weighted by atomic mass is 16.5. The van der Waals surface area contributed by atoms with E-state index in [4.69, 9.17) is 4.74 Å². The zero-order chi connectivity index (χ0) is 21.9. The first-order valence-electron chi connectivity index (χ1n) is 9.54. The van der Waals surface area contributed by atoms with Crippen LogP contribution in [0.3, 0.4) is 0 Å². The van der Waals surface area contributed by atoms with Crippen LogP contribution < -0.4 is 10.7 Å². The Morgan fingerprint density at radius 2 is 1.77 bits per heavy atom. The highest BCUT2D eigenvalue weighted by molar-refractivity contribution is 6.08. The van der Waals surface area contributed by atoms with Gasteiger partial charge in [0, 0.05) is 0 Å². The Hall–Kier alpha value is -3.68. The van der Waals surface area contributed by atoms with Crippen LogP contribution in [0, 0.1) is 13.8 Å². The number of urea groups is 1. The number of nitrogens with one attached hydrogen (secondary N) is 2. The number of aryl methyl sites for hydroxylation is 2. The number of nitrogens with zero attached hydrogens (tertiary/aromatic N) is 1. The van der Waals surface area contributed by atoms with Crippen molar-refractivity contribution in [2.24, 2.45) is 0 Å². The first-order valence-corrected chi connectivity index (χ1v) is 9.54. The molecule has 8 nitrogen and oxygen atoms in total. The molecular weight excluding hydrogens is 386 g/mol. The summed E-state index contributed by atoms with van der Waals surface area (Å²) in [6.07, 6.45) is 0.301. The molecule has 2 N–H and O–H groups in total. The highest BCUT2D eigenvalue weighted by Gasteiger charge is 2.52. The first kappa shape index (κ1) is 21.0. The van der Waals surface area contributed by atoms with Gasteiger partial charge in [0.2, 0.25) is 0 Å².